The molecule has 2 aromatic rings. The number of imidazole rings is 1. The van der Waals surface area contributed by atoms with Gasteiger partial charge in [0.2, 0.25) is 0 Å². The summed E-state index contributed by atoms with van der Waals surface area (Å²) in [5.74, 6) is 0.745. The highest BCUT2D eigenvalue weighted by Crippen LogP contribution is 2.19. The number of hydrogen-bond donors (Lipinski definition) is 0. The van der Waals surface area contributed by atoms with Gasteiger partial charge in [0.05, 0.1) is 5.69 Å². The number of rotatable bonds is 3. The largest absolute Gasteiger partial charge is 0.329 e. The molecule has 0 N–H and O–H groups in total. The average Bonchev–Trinajstić information content (AvgIpc) is 2.63. The molecule has 0 amide bonds. The molecule has 0 aliphatic heterocycles. The van der Waals surface area contributed by atoms with E-state index < -0.39 is 0 Å². The van der Waals surface area contributed by atoms with Crippen LogP contribution in [0, 0.1) is 0 Å². The second-order valence-corrected chi connectivity index (χ2v) is 4.29. The normalized spacial score (nSPS) is 10.5. The van der Waals surface area contributed by atoms with Gasteiger partial charge in [-0.2, -0.15) is 5.10 Å². The van der Waals surface area contributed by atoms with Crippen molar-refractivity contribution in [2.45, 2.75) is 10.9 Å². The van der Waals surface area contributed by atoms with E-state index >= 15 is 0 Å². The smallest absolute Gasteiger partial charge is 0.168 e. The van der Waals surface area contributed by atoms with Gasteiger partial charge in [-0.25, -0.2) is 4.98 Å². The lowest BCUT2D eigenvalue weighted by Crippen LogP contribution is -1.93. The maximum absolute atomic E-state index is 5.64. The third-order valence-electron chi connectivity index (χ3n) is 1.81. The van der Waals surface area contributed by atoms with E-state index in [1.807, 2.05) is 23.9 Å². The van der Waals surface area contributed by atoms with Crippen molar-refractivity contribution in [3.05, 3.63) is 35.4 Å². The molecule has 2 heterocycles. The fourth-order valence-electron chi connectivity index (χ4n) is 1.05. The van der Waals surface area contributed by atoms with Crippen molar-refractivity contribution in [3.8, 4) is 0 Å². The molecular formula is C9H9ClN4S. The molecule has 15 heavy (non-hydrogen) atoms. The van der Waals surface area contributed by atoms with Crippen LogP contribution in [0.25, 0.3) is 0 Å². The van der Waals surface area contributed by atoms with Crippen LogP contribution in [0.5, 0.6) is 0 Å². The summed E-state index contributed by atoms with van der Waals surface area (Å²) in [5, 5.41) is 9.13. The molecule has 6 heteroatoms. The molecule has 0 spiro atoms. The van der Waals surface area contributed by atoms with Crippen molar-refractivity contribution < 1.29 is 0 Å². The minimum Gasteiger partial charge on any atom is -0.329 e. The lowest BCUT2D eigenvalue weighted by Gasteiger charge is -2.00. The Hall–Kier alpha value is -1.07. The third-order valence-corrected chi connectivity index (χ3v) is 3.11. The molecular weight excluding hydrogens is 232 g/mol. The van der Waals surface area contributed by atoms with Crippen LogP contribution >= 0.6 is 23.4 Å². The Morgan fingerprint density at radius 2 is 2.27 bits per heavy atom. The zero-order chi connectivity index (χ0) is 10.7. The number of aryl methyl sites for hydroxylation is 1. The molecule has 0 bridgehead atoms. The summed E-state index contributed by atoms with van der Waals surface area (Å²) in [6.07, 6.45) is 3.69. The van der Waals surface area contributed by atoms with Gasteiger partial charge in [0, 0.05) is 25.2 Å². The lowest BCUT2D eigenvalue weighted by molar-refractivity contribution is 0.789. The molecule has 0 radical (unpaired) electrons. The predicted octanol–water partition coefficient (Wildman–Crippen LogP) is 2.16. The van der Waals surface area contributed by atoms with Crippen LogP contribution in [-0.2, 0) is 12.8 Å². The molecule has 0 unspecified atom stereocenters. The van der Waals surface area contributed by atoms with Crippen LogP contribution in [0.15, 0.2) is 29.7 Å². The fraction of sp³-hybridized carbons (Fsp3) is 0.222. The molecule has 0 aliphatic carbocycles. The SMILES string of the molecule is Cn1ccnc1SCc1ccc(Cl)nn1. The minimum absolute atomic E-state index is 0.417. The molecule has 78 valence electrons. The molecule has 4 nitrogen and oxygen atoms in total. The van der Waals surface area contributed by atoms with E-state index in [2.05, 4.69) is 15.2 Å². The van der Waals surface area contributed by atoms with Crippen molar-refractivity contribution in [1.29, 1.82) is 0 Å². The number of aromatic nitrogens is 4. The second-order valence-electron chi connectivity index (χ2n) is 2.96. The van der Waals surface area contributed by atoms with Crippen LogP contribution < -0.4 is 0 Å². The van der Waals surface area contributed by atoms with E-state index in [1.165, 1.54) is 0 Å². The highest BCUT2D eigenvalue weighted by atomic mass is 35.5. The number of hydrogen-bond acceptors (Lipinski definition) is 4. The zero-order valence-electron chi connectivity index (χ0n) is 8.09. The van der Waals surface area contributed by atoms with Gasteiger partial charge in [-0.15, -0.1) is 5.10 Å². The van der Waals surface area contributed by atoms with Gasteiger partial charge in [0.25, 0.3) is 0 Å². The van der Waals surface area contributed by atoms with Gasteiger partial charge >= 0.3 is 0 Å². The third kappa shape index (κ3) is 2.70. The second kappa shape index (κ2) is 4.63. The van der Waals surface area contributed by atoms with Crippen LogP contribution in [0.1, 0.15) is 5.69 Å². The summed E-state index contributed by atoms with van der Waals surface area (Å²) in [7, 11) is 1.96. The Morgan fingerprint density at radius 3 is 2.87 bits per heavy atom. The highest BCUT2D eigenvalue weighted by molar-refractivity contribution is 7.98. The van der Waals surface area contributed by atoms with Crippen LogP contribution in [-0.4, -0.2) is 19.7 Å². The van der Waals surface area contributed by atoms with Crippen LogP contribution in [0.2, 0.25) is 5.15 Å². The molecule has 0 fully saturated rings. The fourth-order valence-corrected chi connectivity index (χ4v) is 1.98. The summed E-state index contributed by atoms with van der Waals surface area (Å²) < 4.78 is 1.97. The first-order chi connectivity index (χ1) is 7.25. The molecule has 2 rings (SSSR count). The van der Waals surface area contributed by atoms with E-state index in [9.17, 15) is 0 Å². The minimum atomic E-state index is 0.417. The summed E-state index contributed by atoms with van der Waals surface area (Å²) >= 11 is 7.26. The van der Waals surface area contributed by atoms with Crippen LogP contribution in [0.4, 0.5) is 0 Å². The number of thioether (sulfide) groups is 1. The summed E-state index contributed by atoms with van der Waals surface area (Å²) in [6, 6.07) is 3.61. The van der Waals surface area contributed by atoms with E-state index in [1.54, 1.807) is 24.0 Å². The number of nitrogens with zero attached hydrogens (tertiary/aromatic N) is 4. The molecule has 2 aromatic heterocycles. The first-order valence-corrected chi connectivity index (χ1v) is 5.70. The quantitative estimate of drug-likeness (QED) is 0.772. The molecule has 0 atom stereocenters. The van der Waals surface area contributed by atoms with E-state index in [-0.39, 0.29) is 0 Å². The summed E-state index contributed by atoms with van der Waals surface area (Å²) in [5.41, 5.74) is 0.896. The van der Waals surface area contributed by atoms with Gasteiger partial charge in [0.15, 0.2) is 10.3 Å². The topological polar surface area (TPSA) is 43.6 Å². The summed E-state index contributed by atoms with van der Waals surface area (Å²) in [6.45, 7) is 0. The van der Waals surface area contributed by atoms with E-state index in [0.29, 0.717) is 5.15 Å². The van der Waals surface area contributed by atoms with Crippen LogP contribution in [0.3, 0.4) is 0 Å². The highest BCUT2D eigenvalue weighted by Gasteiger charge is 2.02. The molecule has 0 saturated carbocycles. The Kier molecular flexibility index (Phi) is 3.23. The van der Waals surface area contributed by atoms with Gasteiger partial charge in [0.1, 0.15) is 0 Å². The first-order valence-electron chi connectivity index (χ1n) is 4.34. The van der Waals surface area contributed by atoms with Gasteiger partial charge in [-0.1, -0.05) is 23.4 Å². The standard InChI is InChI=1S/C9H9ClN4S/c1-14-5-4-11-9(14)15-6-7-2-3-8(10)13-12-7/h2-5H,6H2,1H3. The van der Waals surface area contributed by atoms with Crippen molar-refractivity contribution in [2.24, 2.45) is 7.05 Å². The Morgan fingerprint density at radius 1 is 1.40 bits per heavy atom. The zero-order valence-corrected chi connectivity index (χ0v) is 9.66. The van der Waals surface area contributed by atoms with E-state index in [0.717, 1.165) is 16.6 Å². The Bertz CT molecular complexity index is 440. The average molecular weight is 241 g/mol. The molecule has 0 saturated heterocycles. The van der Waals surface area contributed by atoms with Crippen molar-refractivity contribution in [3.63, 3.8) is 0 Å². The van der Waals surface area contributed by atoms with E-state index in [4.69, 9.17) is 11.6 Å². The number of halogens is 1. The lowest BCUT2D eigenvalue weighted by atomic mass is 10.4. The Labute approximate surface area is 96.7 Å². The molecule has 0 aliphatic rings. The first kappa shape index (κ1) is 10.4. The van der Waals surface area contributed by atoms with Crippen molar-refractivity contribution in [2.75, 3.05) is 0 Å². The maximum Gasteiger partial charge on any atom is 0.168 e. The van der Waals surface area contributed by atoms with Crippen molar-refractivity contribution >= 4 is 23.4 Å². The summed E-state index contributed by atoms with van der Waals surface area (Å²) in [4.78, 5) is 4.20. The Balaban J connectivity index is 1.99. The molecule has 0 aromatic carbocycles. The monoisotopic (exact) mass is 240 g/mol. The van der Waals surface area contributed by atoms with Gasteiger partial charge in [-0.3, -0.25) is 0 Å². The van der Waals surface area contributed by atoms with Gasteiger partial charge in [-0.05, 0) is 12.1 Å². The predicted molar refractivity (Wildman–Crippen MR) is 59.8 cm³/mol. The maximum atomic E-state index is 5.64. The van der Waals surface area contributed by atoms with Gasteiger partial charge < -0.3 is 4.57 Å². The van der Waals surface area contributed by atoms with Crippen molar-refractivity contribution in [1.82, 2.24) is 19.7 Å².